The minimum Gasteiger partial charge on any atom is -0.462 e. The summed E-state index contributed by atoms with van der Waals surface area (Å²) in [4.78, 5) is 22.6. The Morgan fingerprint density at radius 2 is 1.00 bits per heavy atom. The predicted molar refractivity (Wildman–Crippen MR) is 377 cm³/mol. The van der Waals surface area contributed by atoms with Gasteiger partial charge in [-0.05, 0) is 80.8 Å². The maximum Gasteiger partial charge on any atom is 0.203 e. The molecule has 518 valence electrons. The van der Waals surface area contributed by atoms with E-state index in [1.807, 2.05) is 133 Å². The Morgan fingerprint density at radius 1 is 0.441 bits per heavy atom. The van der Waals surface area contributed by atoms with Gasteiger partial charge in [-0.3, -0.25) is 19.9 Å². The van der Waals surface area contributed by atoms with E-state index in [4.69, 9.17) is 8.94 Å². The molecule has 102 heavy (non-hydrogen) atoms. The van der Waals surface area contributed by atoms with Gasteiger partial charge in [-0.25, -0.2) is 14.0 Å². The number of pyridine rings is 2. The average molecular weight is 2260 g/mol. The zero-order valence-electron chi connectivity index (χ0n) is 54.8. The molecule has 2 aliphatic rings. The van der Waals surface area contributed by atoms with Gasteiger partial charge in [0, 0.05) is 131 Å². The molecule has 0 aliphatic heterocycles. The first-order valence-electron chi connectivity index (χ1n) is 30.9. The summed E-state index contributed by atoms with van der Waals surface area (Å²) < 4.78 is 15.8. The molecule has 16 aromatic rings. The van der Waals surface area contributed by atoms with Crippen LogP contribution in [0.1, 0.15) is 49.9 Å². The van der Waals surface area contributed by atoms with E-state index >= 15 is 0 Å². The van der Waals surface area contributed by atoms with Crippen molar-refractivity contribution in [3.05, 3.63) is 307 Å². The molecule has 0 amide bonds. The molecule has 16 nitrogen and oxygen atoms in total. The van der Waals surface area contributed by atoms with Gasteiger partial charge in [0.05, 0.1) is 36.0 Å². The Balaban J connectivity index is 0.000000147. The topological polar surface area (TPSA) is 191 Å². The molecule has 0 saturated heterocycles. The summed E-state index contributed by atoms with van der Waals surface area (Å²) in [5.41, 5.74) is 24.6. The fourth-order valence-electron chi connectivity index (χ4n) is 11.8. The number of aromatic nitrogens is 14. The summed E-state index contributed by atoms with van der Waals surface area (Å²) in [7, 11) is 1.77. The van der Waals surface area contributed by atoms with Gasteiger partial charge in [-0.15, -0.1) is 170 Å². The minimum absolute atomic E-state index is 0. The van der Waals surface area contributed by atoms with Crippen LogP contribution in [0.4, 0.5) is 0 Å². The number of fused-ring (bicyclic) bond motifs is 6. The van der Waals surface area contributed by atoms with Crippen LogP contribution in [0.3, 0.4) is 0 Å². The van der Waals surface area contributed by atoms with Gasteiger partial charge >= 0.3 is 0 Å². The van der Waals surface area contributed by atoms with Crippen molar-refractivity contribution in [2.45, 2.75) is 38.5 Å². The van der Waals surface area contributed by atoms with Crippen molar-refractivity contribution in [3.63, 3.8) is 0 Å². The third kappa shape index (κ3) is 17.3. The second-order valence-electron chi connectivity index (χ2n) is 23.4. The van der Waals surface area contributed by atoms with Crippen LogP contribution in [0.5, 0.6) is 0 Å². The maximum absolute atomic E-state index is 5.07. The molecule has 0 bridgehead atoms. The summed E-state index contributed by atoms with van der Waals surface area (Å²) in [5, 5.41) is 27.5. The zero-order chi connectivity index (χ0) is 66.1. The molecule has 0 N–H and O–H groups in total. The summed E-state index contributed by atoms with van der Waals surface area (Å²) in [6, 6.07) is 85.3. The van der Waals surface area contributed by atoms with Crippen LogP contribution in [0, 0.1) is 30.3 Å². The normalized spacial score (nSPS) is 11.7. The fraction of sp³-hybridized carbons (Fsp3) is 0.0886. The van der Waals surface area contributed by atoms with Crippen molar-refractivity contribution in [1.82, 2.24) is 69.7 Å². The quantitative estimate of drug-likeness (QED) is 0.124. The van der Waals surface area contributed by atoms with E-state index in [1.54, 1.807) is 47.2 Å². The van der Waals surface area contributed by atoms with Gasteiger partial charge in [0.15, 0.2) is 6.39 Å². The number of nitrogens with zero attached hydrogens (tertiary/aromatic N) is 14. The maximum atomic E-state index is 5.07. The molecular weight excluding hydrogens is 2210 g/mol. The largest absolute Gasteiger partial charge is 0.462 e. The Kier molecular flexibility index (Phi) is 26.8. The molecule has 0 saturated carbocycles. The summed E-state index contributed by atoms with van der Waals surface area (Å²) in [5.74, 6) is 1.89. The van der Waals surface area contributed by atoms with Gasteiger partial charge < -0.3 is 8.94 Å². The van der Waals surface area contributed by atoms with Crippen LogP contribution in [0.25, 0.3) is 118 Å². The molecule has 0 spiro atoms. The summed E-state index contributed by atoms with van der Waals surface area (Å²) in [6.45, 7) is 9.05. The van der Waals surface area contributed by atoms with E-state index in [1.165, 1.54) is 73.6 Å². The molecule has 0 atom stereocenters. The molecular formula is C79H57Ir4N14O2PtS2-5. The fourth-order valence-corrected chi connectivity index (χ4v) is 12.9. The molecule has 0 unspecified atom stereocenters. The van der Waals surface area contributed by atoms with Crippen molar-refractivity contribution < 1.29 is 110 Å². The number of aryl methyl sites for hydroxylation is 1. The molecule has 8 aromatic heterocycles. The molecule has 0 fully saturated rings. The number of rotatable bonds is 9. The second-order valence-corrected chi connectivity index (χ2v) is 25.0. The molecule has 8 aromatic carbocycles. The van der Waals surface area contributed by atoms with Crippen LogP contribution in [0.2, 0.25) is 0 Å². The molecule has 4 radical (unpaired) electrons. The Hall–Kier alpha value is -8.83. The third-order valence-electron chi connectivity index (χ3n) is 16.6. The van der Waals surface area contributed by atoms with Crippen molar-refractivity contribution >= 4 is 22.9 Å². The number of thiophene rings is 1. The van der Waals surface area contributed by atoms with Gasteiger partial charge in [-0.1, -0.05) is 162 Å². The first-order valence-corrected chi connectivity index (χ1v) is 32.6. The van der Waals surface area contributed by atoms with Crippen LogP contribution in [-0.2, 0) is 119 Å². The van der Waals surface area contributed by atoms with Gasteiger partial charge in [-0.2, -0.15) is 20.1 Å². The van der Waals surface area contributed by atoms with Gasteiger partial charge in [0.1, 0.15) is 16.6 Å². The van der Waals surface area contributed by atoms with Crippen molar-refractivity contribution in [2.75, 3.05) is 0 Å². The van der Waals surface area contributed by atoms with E-state index in [9.17, 15) is 0 Å². The van der Waals surface area contributed by atoms with Crippen LogP contribution in [0.15, 0.2) is 264 Å². The number of benzene rings is 8. The summed E-state index contributed by atoms with van der Waals surface area (Å²) >= 11 is 2.96. The van der Waals surface area contributed by atoms with E-state index in [0.29, 0.717) is 17.5 Å². The van der Waals surface area contributed by atoms with Gasteiger partial charge in [0.25, 0.3) is 0 Å². The van der Waals surface area contributed by atoms with E-state index in [0.717, 1.165) is 77.8 Å². The van der Waals surface area contributed by atoms with Gasteiger partial charge in [0.2, 0.25) is 6.39 Å². The number of oxazole rings is 1. The van der Waals surface area contributed by atoms with Crippen LogP contribution >= 0.6 is 22.9 Å². The minimum atomic E-state index is -0.0159. The monoisotopic (exact) mass is 2260 g/mol. The Morgan fingerprint density at radius 3 is 1.56 bits per heavy atom. The van der Waals surface area contributed by atoms with E-state index in [2.05, 4.69) is 203 Å². The summed E-state index contributed by atoms with van der Waals surface area (Å²) in [6.07, 6.45) is 9.92. The molecule has 2 aliphatic carbocycles. The molecule has 23 heteroatoms. The molecule has 18 rings (SSSR count). The predicted octanol–water partition coefficient (Wildman–Crippen LogP) is 17.5. The standard InChI is InChI=1S/C18H14NO.C17H11N4S.C17H15N4.C14H9N2O.C13H8N3S.4Ir.Pt/c1-18(2)15-6-4-3-5-13(15)14-8-7-12(9-16(14)18)17-10-20-11-19-17;1-2-9-18-15(7-1)13-5-3-6-14(11-13)16-12-21(20-19-16)17-8-4-10-22-17;1-17(2)14-7-5-4-6-12(14)13-9-8-11(10-15(13)17)16-18-20-21(3)19-16;1-2-5-11(6-3-1)12-7-4-8-13(9-12)14-15-10-17-16-14;1-2-7-14-12(6-1)10-4-3-5-11(8-10)13-15-9-17-16-13;;;;;/h3-6,8-11H,1-2H3;1-5,7-12H;4-7,9-10H,1-3H3;1-7,9-10H;1-4,6-9H;;;;;/q5*-1;;;;;. The number of hydrogen-bond donors (Lipinski definition) is 0. The Bertz CT molecular complexity index is 5170. The van der Waals surface area contributed by atoms with Crippen LogP contribution < -0.4 is 0 Å². The zero-order valence-corrected chi connectivity index (χ0v) is 68.3. The van der Waals surface area contributed by atoms with E-state index in [-0.39, 0.29) is 112 Å². The third-order valence-corrected chi connectivity index (χ3v) is 18.0. The van der Waals surface area contributed by atoms with Crippen LogP contribution in [-0.4, -0.2) is 69.7 Å². The smallest absolute Gasteiger partial charge is 0.203 e. The molecule has 8 heterocycles. The SMILES string of the molecule is CC1(C)c2ccccc2-c2c[c-]c(-c3cocn3)cc21.Cn1nnc(-c2[c-]cc3c(c2)C(C)(C)c2ccccc2-3)n1.[Ir].[Ir].[Ir].[Ir].[Pt].[c-]1ccc(-c2ccccc2)cc1-c1ncon1.[c-]1ccc(-c2ccccn2)cc1-c1cn(-c2cccs2)nn1.[c-]1ccc(-c2ccccn2)cc1-c1ncsn1. The number of hydrogen-bond acceptors (Lipinski definition) is 16. The first-order chi connectivity index (χ1) is 47.5. The van der Waals surface area contributed by atoms with Crippen molar-refractivity contribution in [2.24, 2.45) is 7.05 Å². The Labute approximate surface area is 666 Å². The van der Waals surface area contributed by atoms with Crippen molar-refractivity contribution in [1.29, 1.82) is 0 Å². The second kappa shape index (κ2) is 35.4. The van der Waals surface area contributed by atoms with Crippen molar-refractivity contribution in [3.8, 4) is 118 Å². The average Bonchev–Trinajstić information content (AvgIpc) is 1.59. The number of tetrazole rings is 1. The first kappa shape index (κ1) is 77.3. The van der Waals surface area contributed by atoms with E-state index < -0.39 is 0 Å².